The summed E-state index contributed by atoms with van der Waals surface area (Å²) in [5.41, 5.74) is 0.561. The molecule has 0 saturated heterocycles. The average molecular weight is 288 g/mol. The monoisotopic (exact) mass is 286 g/mol. The molecule has 5 heteroatoms. The minimum atomic E-state index is -1.54. The molecule has 0 rings (SSSR count). The molecule has 94 valence electrons. The van der Waals surface area contributed by atoms with E-state index in [4.69, 9.17) is 39.5 Å². The molecular formula is C11H17Cl3O2. The number of allylic oxidation sites excluding steroid dienone is 1. The predicted octanol–water partition coefficient (Wildman–Crippen LogP) is 4.43. The van der Waals surface area contributed by atoms with Crippen LogP contribution in [0.4, 0.5) is 0 Å². The summed E-state index contributed by atoms with van der Waals surface area (Å²) in [5.74, 6) is -0.428. The Morgan fingerprint density at radius 2 is 1.94 bits per heavy atom. The standard InChI is InChI=1S/C11H17Cl3O2/c1-3-4-5-6-7-9(2)10(15)16-8-11(12,13)14/h7H,3-6,8H2,1-2H3/b9-7-. The van der Waals surface area contributed by atoms with Crippen molar-refractivity contribution in [1.29, 1.82) is 0 Å². The number of hydrogen-bond acceptors (Lipinski definition) is 2. The molecule has 0 aromatic rings. The fraction of sp³-hybridized carbons (Fsp3) is 0.727. The van der Waals surface area contributed by atoms with Gasteiger partial charge in [0.15, 0.2) is 0 Å². The van der Waals surface area contributed by atoms with Gasteiger partial charge in [0.1, 0.15) is 6.61 Å². The molecule has 0 saturated carbocycles. The Morgan fingerprint density at radius 1 is 1.31 bits per heavy atom. The maximum atomic E-state index is 11.4. The van der Waals surface area contributed by atoms with Gasteiger partial charge in [-0.1, -0.05) is 60.6 Å². The van der Waals surface area contributed by atoms with Crippen LogP contribution in [-0.2, 0) is 9.53 Å². The molecule has 0 N–H and O–H groups in total. The van der Waals surface area contributed by atoms with Gasteiger partial charge >= 0.3 is 5.97 Å². The summed E-state index contributed by atoms with van der Waals surface area (Å²) < 4.78 is 3.28. The Labute approximate surface area is 112 Å². The molecule has 0 aromatic heterocycles. The third kappa shape index (κ3) is 9.32. The van der Waals surface area contributed by atoms with Crippen LogP contribution in [0.2, 0.25) is 0 Å². The number of unbranched alkanes of at least 4 members (excludes halogenated alkanes) is 3. The van der Waals surface area contributed by atoms with Crippen molar-refractivity contribution in [2.75, 3.05) is 6.61 Å². The Morgan fingerprint density at radius 3 is 2.44 bits per heavy atom. The number of ether oxygens (including phenoxy) is 1. The van der Waals surface area contributed by atoms with E-state index >= 15 is 0 Å². The minimum Gasteiger partial charge on any atom is -0.458 e. The van der Waals surface area contributed by atoms with E-state index in [1.807, 2.05) is 6.08 Å². The van der Waals surface area contributed by atoms with E-state index < -0.39 is 9.76 Å². The third-order valence-corrected chi connectivity index (χ3v) is 2.27. The molecule has 0 radical (unpaired) electrons. The summed E-state index contributed by atoms with van der Waals surface area (Å²) in [6, 6.07) is 0. The van der Waals surface area contributed by atoms with E-state index in [0.717, 1.165) is 25.7 Å². The van der Waals surface area contributed by atoms with Gasteiger partial charge in [-0.05, 0) is 19.8 Å². The lowest BCUT2D eigenvalue weighted by Crippen LogP contribution is -2.17. The molecule has 16 heavy (non-hydrogen) atoms. The van der Waals surface area contributed by atoms with Gasteiger partial charge in [-0.15, -0.1) is 0 Å². The topological polar surface area (TPSA) is 26.3 Å². The molecule has 0 aliphatic rings. The quantitative estimate of drug-likeness (QED) is 0.313. The zero-order chi connectivity index (χ0) is 12.6. The van der Waals surface area contributed by atoms with Crippen molar-refractivity contribution < 1.29 is 9.53 Å². The largest absolute Gasteiger partial charge is 0.458 e. The molecule has 0 unspecified atom stereocenters. The fourth-order valence-corrected chi connectivity index (χ4v) is 1.22. The Bertz CT molecular complexity index is 244. The van der Waals surface area contributed by atoms with Crippen LogP contribution in [0.15, 0.2) is 11.6 Å². The molecule has 0 aromatic carbocycles. The average Bonchev–Trinajstić information content (AvgIpc) is 2.19. The highest BCUT2D eigenvalue weighted by Crippen LogP contribution is 2.26. The van der Waals surface area contributed by atoms with E-state index in [1.165, 1.54) is 0 Å². The fourth-order valence-electron chi connectivity index (χ4n) is 1.06. The van der Waals surface area contributed by atoms with Crippen LogP contribution in [0.5, 0.6) is 0 Å². The summed E-state index contributed by atoms with van der Waals surface area (Å²) >= 11 is 16.4. The van der Waals surface area contributed by atoms with E-state index in [-0.39, 0.29) is 6.61 Å². The maximum absolute atomic E-state index is 11.4. The summed E-state index contributed by atoms with van der Waals surface area (Å²) in [6.45, 7) is 3.61. The van der Waals surface area contributed by atoms with Crippen molar-refractivity contribution in [2.45, 2.75) is 43.3 Å². The van der Waals surface area contributed by atoms with Gasteiger partial charge in [-0.2, -0.15) is 0 Å². The first-order chi connectivity index (χ1) is 7.37. The normalized spacial score (nSPS) is 12.7. The van der Waals surface area contributed by atoms with Crippen molar-refractivity contribution in [1.82, 2.24) is 0 Å². The zero-order valence-electron chi connectivity index (χ0n) is 9.56. The summed E-state index contributed by atoms with van der Waals surface area (Å²) in [7, 11) is 0. The molecule has 0 aliphatic carbocycles. The van der Waals surface area contributed by atoms with Crippen LogP contribution < -0.4 is 0 Å². The van der Waals surface area contributed by atoms with Gasteiger partial charge in [-0.3, -0.25) is 0 Å². The van der Waals surface area contributed by atoms with Crippen molar-refractivity contribution >= 4 is 40.8 Å². The van der Waals surface area contributed by atoms with E-state index in [9.17, 15) is 4.79 Å². The number of hydrogen-bond donors (Lipinski definition) is 0. The summed E-state index contributed by atoms with van der Waals surface area (Å²) in [5, 5.41) is 0. The predicted molar refractivity (Wildman–Crippen MR) is 69.1 cm³/mol. The Balaban J connectivity index is 3.89. The molecule has 0 fully saturated rings. The highest BCUT2D eigenvalue weighted by molar-refractivity contribution is 6.67. The second-order valence-electron chi connectivity index (χ2n) is 3.57. The second kappa shape index (κ2) is 8.21. The number of carbonyl (C=O) groups excluding carboxylic acids is 1. The van der Waals surface area contributed by atoms with Crippen molar-refractivity contribution in [3.8, 4) is 0 Å². The van der Waals surface area contributed by atoms with E-state index in [1.54, 1.807) is 6.92 Å². The first kappa shape index (κ1) is 16.1. The van der Waals surface area contributed by atoms with Crippen molar-refractivity contribution in [2.24, 2.45) is 0 Å². The van der Waals surface area contributed by atoms with Gasteiger partial charge in [0.2, 0.25) is 3.79 Å². The van der Waals surface area contributed by atoms with Crippen LogP contribution in [-0.4, -0.2) is 16.4 Å². The summed E-state index contributed by atoms with van der Waals surface area (Å²) in [4.78, 5) is 11.4. The smallest absolute Gasteiger partial charge is 0.333 e. The number of alkyl halides is 3. The van der Waals surface area contributed by atoms with Gasteiger partial charge in [0.25, 0.3) is 0 Å². The minimum absolute atomic E-state index is 0.226. The lowest BCUT2D eigenvalue weighted by atomic mass is 10.1. The molecule has 0 heterocycles. The highest BCUT2D eigenvalue weighted by Gasteiger charge is 2.22. The van der Waals surface area contributed by atoms with Crippen LogP contribution in [0.25, 0.3) is 0 Å². The van der Waals surface area contributed by atoms with Gasteiger partial charge in [0.05, 0.1) is 0 Å². The van der Waals surface area contributed by atoms with Crippen LogP contribution in [0.3, 0.4) is 0 Å². The molecule has 0 bridgehead atoms. The first-order valence-electron chi connectivity index (χ1n) is 5.27. The molecule has 0 aliphatic heterocycles. The first-order valence-corrected chi connectivity index (χ1v) is 6.41. The zero-order valence-corrected chi connectivity index (χ0v) is 11.8. The van der Waals surface area contributed by atoms with Crippen LogP contribution in [0.1, 0.15) is 39.5 Å². The summed E-state index contributed by atoms with van der Waals surface area (Å²) in [6.07, 6.45) is 6.13. The third-order valence-electron chi connectivity index (χ3n) is 1.95. The van der Waals surface area contributed by atoms with Crippen molar-refractivity contribution in [3.63, 3.8) is 0 Å². The Hall–Kier alpha value is 0.0800. The van der Waals surface area contributed by atoms with Gasteiger partial charge in [0, 0.05) is 5.57 Å². The number of rotatable bonds is 6. The lowest BCUT2D eigenvalue weighted by Gasteiger charge is -2.11. The number of esters is 1. The van der Waals surface area contributed by atoms with Gasteiger partial charge in [-0.25, -0.2) is 4.79 Å². The van der Waals surface area contributed by atoms with E-state index in [0.29, 0.717) is 5.57 Å². The van der Waals surface area contributed by atoms with Crippen LogP contribution in [0, 0.1) is 0 Å². The maximum Gasteiger partial charge on any atom is 0.333 e. The lowest BCUT2D eigenvalue weighted by molar-refractivity contribution is -0.138. The number of carbonyl (C=O) groups is 1. The molecule has 0 amide bonds. The van der Waals surface area contributed by atoms with Crippen LogP contribution >= 0.6 is 34.8 Å². The second-order valence-corrected chi connectivity index (χ2v) is 6.09. The molecular weight excluding hydrogens is 270 g/mol. The molecule has 0 atom stereocenters. The molecule has 2 nitrogen and oxygen atoms in total. The Kier molecular flexibility index (Phi) is 8.25. The SMILES string of the molecule is CCCCC/C=C(/C)C(=O)OCC(Cl)(Cl)Cl. The number of halogens is 3. The van der Waals surface area contributed by atoms with Crippen molar-refractivity contribution in [3.05, 3.63) is 11.6 Å². The van der Waals surface area contributed by atoms with Gasteiger partial charge < -0.3 is 4.74 Å². The van der Waals surface area contributed by atoms with E-state index in [2.05, 4.69) is 6.92 Å². The molecule has 0 spiro atoms. The highest BCUT2D eigenvalue weighted by atomic mass is 35.6.